The van der Waals surface area contributed by atoms with E-state index in [4.69, 9.17) is 0 Å². The Balaban J connectivity index is 2.07. The van der Waals surface area contributed by atoms with Crippen LogP contribution in [0.4, 0.5) is 0 Å². The predicted molar refractivity (Wildman–Crippen MR) is 62.0 cm³/mol. The van der Waals surface area contributed by atoms with Gasteiger partial charge in [-0.2, -0.15) is 0 Å². The molecule has 16 heavy (non-hydrogen) atoms. The molecule has 0 spiro atoms. The Hall–Kier alpha value is -1.00. The van der Waals surface area contributed by atoms with E-state index in [0.29, 0.717) is 5.82 Å². The van der Waals surface area contributed by atoms with Gasteiger partial charge < -0.3 is 10.4 Å². The highest BCUT2D eigenvalue weighted by Crippen LogP contribution is 2.20. The van der Waals surface area contributed by atoms with Crippen LogP contribution in [0.1, 0.15) is 43.3 Å². The fourth-order valence-electron chi connectivity index (χ4n) is 2.17. The minimum atomic E-state index is -0.514. The number of nitrogens with one attached hydrogen (secondary N) is 1. The molecule has 1 aromatic heterocycles. The predicted octanol–water partition coefficient (Wildman–Crippen LogP) is 1.35. The van der Waals surface area contributed by atoms with E-state index in [-0.39, 0.29) is 6.04 Å². The highest BCUT2D eigenvalue weighted by atomic mass is 16.3. The standard InChI is InChI=1S/C12H19N3O/c1-9-13-8-6-11(15-9)12(16)10-5-3-2-4-7-14-10/h6,8,10,12,14,16H,2-5,7H2,1H3. The number of nitrogens with zero attached hydrogens (tertiary/aromatic N) is 2. The van der Waals surface area contributed by atoms with Crippen LogP contribution in [0.25, 0.3) is 0 Å². The second kappa shape index (κ2) is 5.37. The lowest BCUT2D eigenvalue weighted by molar-refractivity contribution is 0.122. The van der Waals surface area contributed by atoms with Crippen LogP contribution in [-0.4, -0.2) is 27.7 Å². The summed E-state index contributed by atoms with van der Waals surface area (Å²) in [5.41, 5.74) is 0.729. The van der Waals surface area contributed by atoms with Crippen molar-refractivity contribution in [3.05, 3.63) is 23.8 Å². The minimum Gasteiger partial charge on any atom is -0.385 e. The van der Waals surface area contributed by atoms with Gasteiger partial charge in [-0.3, -0.25) is 0 Å². The smallest absolute Gasteiger partial charge is 0.125 e. The third-order valence-corrected chi connectivity index (χ3v) is 3.08. The fraction of sp³-hybridized carbons (Fsp3) is 0.667. The zero-order valence-corrected chi connectivity index (χ0v) is 9.69. The van der Waals surface area contributed by atoms with Gasteiger partial charge in [-0.1, -0.05) is 12.8 Å². The Kier molecular flexibility index (Phi) is 3.85. The first-order chi connectivity index (χ1) is 7.77. The SMILES string of the molecule is Cc1nccc(C(O)C2CCCCCN2)n1. The molecule has 4 heteroatoms. The van der Waals surface area contributed by atoms with Crippen molar-refractivity contribution in [1.29, 1.82) is 0 Å². The van der Waals surface area contributed by atoms with Crippen molar-refractivity contribution in [2.75, 3.05) is 6.54 Å². The fourth-order valence-corrected chi connectivity index (χ4v) is 2.17. The Morgan fingerprint density at radius 3 is 3.12 bits per heavy atom. The minimum absolute atomic E-state index is 0.136. The van der Waals surface area contributed by atoms with Gasteiger partial charge in [0.15, 0.2) is 0 Å². The first-order valence-corrected chi connectivity index (χ1v) is 5.98. The summed E-state index contributed by atoms with van der Waals surface area (Å²) in [5, 5.41) is 13.6. The van der Waals surface area contributed by atoms with Crippen LogP contribution in [0.15, 0.2) is 12.3 Å². The largest absolute Gasteiger partial charge is 0.385 e. The number of aliphatic hydroxyl groups excluding tert-OH is 1. The molecule has 0 amide bonds. The Morgan fingerprint density at radius 1 is 1.44 bits per heavy atom. The Morgan fingerprint density at radius 2 is 2.31 bits per heavy atom. The van der Waals surface area contributed by atoms with Crippen molar-refractivity contribution < 1.29 is 5.11 Å². The van der Waals surface area contributed by atoms with Gasteiger partial charge >= 0.3 is 0 Å². The summed E-state index contributed by atoms with van der Waals surface area (Å²) in [5.74, 6) is 0.713. The van der Waals surface area contributed by atoms with E-state index >= 15 is 0 Å². The molecule has 2 N–H and O–H groups in total. The van der Waals surface area contributed by atoms with E-state index in [1.807, 2.05) is 6.92 Å². The van der Waals surface area contributed by atoms with E-state index < -0.39 is 6.10 Å². The molecule has 0 radical (unpaired) electrons. The van der Waals surface area contributed by atoms with Crippen molar-refractivity contribution in [3.8, 4) is 0 Å². The van der Waals surface area contributed by atoms with Gasteiger partial charge in [0.05, 0.1) is 5.69 Å². The van der Waals surface area contributed by atoms with Crippen molar-refractivity contribution in [1.82, 2.24) is 15.3 Å². The van der Waals surface area contributed by atoms with Crippen LogP contribution >= 0.6 is 0 Å². The van der Waals surface area contributed by atoms with Gasteiger partial charge in [0.2, 0.25) is 0 Å². The van der Waals surface area contributed by atoms with E-state index in [2.05, 4.69) is 15.3 Å². The molecular weight excluding hydrogens is 202 g/mol. The van der Waals surface area contributed by atoms with Gasteiger partial charge in [0.1, 0.15) is 11.9 Å². The molecule has 1 fully saturated rings. The van der Waals surface area contributed by atoms with Crippen molar-refractivity contribution in [2.45, 2.75) is 44.8 Å². The van der Waals surface area contributed by atoms with Crippen LogP contribution in [0, 0.1) is 6.92 Å². The zero-order chi connectivity index (χ0) is 11.4. The first kappa shape index (κ1) is 11.5. The van der Waals surface area contributed by atoms with Crippen LogP contribution in [0.3, 0.4) is 0 Å². The Labute approximate surface area is 96.1 Å². The molecule has 2 unspecified atom stereocenters. The average Bonchev–Trinajstić information content (AvgIpc) is 2.56. The molecule has 4 nitrogen and oxygen atoms in total. The quantitative estimate of drug-likeness (QED) is 0.791. The third kappa shape index (κ3) is 2.77. The normalized spacial score (nSPS) is 23.8. The van der Waals surface area contributed by atoms with Gasteiger partial charge in [-0.15, -0.1) is 0 Å². The Bertz CT molecular complexity index is 335. The molecule has 2 heterocycles. The van der Waals surface area contributed by atoms with Crippen LogP contribution in [0.2, 0.25) is 0 Å². The topological polar surface area (TPSA) is 58.0 Å². The average molecular weight is 221 g/mol. The summed E-state index contributed by atoms with van der Waals surface area (Å²) in [6.45, 7) is 2.84. The lowest BCUT2D eigenvalue weighted by atomic mass is 10.0. The molecule has 2 atom stereocenters. The zero-order valence-electron chi connectivity index (χ0n) is 9.69. The summed E-state index contributed by atoms with van der Waals surface area (Å²) in [6.07, 6.45) is 5.84. The maximum atomic E-state index is 10.2. The molecule has 1 saturated heterocycles. The summed E-state index contributed by atoms with van der Waals surface area (Å²) < 4.78 is 0. The number of hydrogen-bond donors (Lipinski definition) is 2. The van der Waals surface area contributed by atoms with Crippen molar-refractivity contribution >= 4 is 0 Å². The van der Waals surface area contributed by atoms with Crippen LogP contribution in [-0.2, 0) is 0 Å². The van der Waals surface area contributed by atoms with E-state index in [1.54, 1.807) is 12.3 Å². The number of aliphatic hydroxyl groups is 1. The molecule has 1 aliphatic rings. The third-order valence-electron chi connectivity index (χ3n) is 3.08. The maximum Gasteiger partial charge on any atom is 0.125 e. The first-order valence-electron chi connectivity index (χ1n) is 5.98. The monoisotopic (exact) mass is 221 g/mol. The summed E-state index contributed by atoms with van der Waals surface area (Å²) in [6, 6.07) is 1.93. The van der Waals surface area contributed by atoms with Gasteiger partial charge in [-0.05, 0) is 32.4 Å². The molecule has 0 aromatic carbocycles. The summed E-state index contributed by atoms with van der Waals surface area (Å²) in [7, 11) is 0. The molecule has 1 aliphatic heterocycles. The number of aryl methyl sites for hydroxylation is 1. The van der Waals surface area contributed by atoms with Crippen molar-refractivity contribution in [2.24, 2.45) is 0 Å². The molecular formula is C12H19N3O. The van der Waals surface area contributed by atoms with Crippen molar-refractivity contribution in [3.63, 3.8) is 0 Å². The summed E-state index contributed by atoms with van der Waals surface area (Å²) in [4.78, 5) is 8.32. The molecule has 1 aromatic rings. The van der Waals surface area contributed by atoms with Gasteiger partial charge in [-0.25, -0.2) is 9.97 Å². The van der Waals surface area contributed by atoms with Crippen LogP contribution < -0.4 is 5.32 Å². The number of hydrogen-bond acceptors (Lipinski definition) is 4. The lowest BCUT2D eigenvalue weighted by Gasteiger charge is -2.21. The second-order valence-electron chi connectivity index (χ2n) is 4.38. The molecule has 2 rings (SSSR count). The molecule has 0 bridgehead atoms. The van der Waals surface area contributed by atoms with Gasteiger partial charge in [0.25, 0.3) is 0 Å². The van der Waals surface area contributed by atoms with E-state index in [1.165, 1.54) is 19.3 Å². The van der Waals surface area contributed by atoms with E-state index in [0.717, 1.165) is 18.7 Å². The van der Waals surface area contributed by atoms with E-state index in [9.17, 15) is 5.11 Å². The summed E-state index contributed by atoms with van der Waals surface area (Å²) >= 11 is 0. The highest BCUT2D eigenvalue weighted by molar-refractivity contribution is 5.07. The van der Waals surface area contributed by atoms with Crippen LogP contribution in [0.5, 0.6) is 0 Å². The maximum absolute atomic E-state index is 10.2. The molecule has 0 saturated carbocycles. The second-order valence-corrected chi connectivity index (χ2v) is 4.38. The molecule has 0 aliphatic carbocycles. The van der Waals surface area contributed by atoms with Gasteiger partial charge in [0, 0.05) is 12.2 Å². The number of rotatable bonds is 2. The number of aromatic nitrogens is 2. The molecule has 88 valence electrons. The highest BCUT2D eigenvalue weighted by Gasteiger charge is 2.22. The lowest BCUT2D eigenvalue weighted by Crippen LogP contribution is -2.34.